The van der Waals surface area contributed by atoms with Crippen LogP contribution in [0.1, 0.15) is 128 Å². The second kappa shape index (κ2) is 44.0. The molecule has 15 aliphatic rings. The van der Waals surface area contributed by atoms with Gasteiger partial charge in [0.15, 0.2) is 74.4 Å². The van der Waals surface area contributed by atoms with Crippen molar-refractivity contribution < 1.29 is 142 Å². The van der Waals surface area contributed by atoms with Gasteiger partial charge in [-0.15, -0.1) is 0 Å². The maximum atomic E-state index is 13.7. The molecule has 37 heteroatoms. The minimum atomic E-state index is -6.31. The topological polar surface area (TPSA) is 382 Å². The third kappa shape index (κ3) is 22.6. The van der Waals surface area contributed by atoms with Crippen LogP contribution in [0.4, 0.5) is 26.3 Å². The van der Waals surface area contributed by atoms with E-state index >= 15 is 0 Å². The molecule has 12 bridgehead atoms. The molecular weight excluding hydrogens is 2030 g/mol. The third-order valence-corrected chi connectivity index (χ3v) is 40.5. The molecule has 0 N–H and O–H groups in total. The summed E-state index contributed by atoms with van der Waals surface area (Å²) < 4.78 is 218. The zero-order chi connectivity index (χ0) is 105. The second-order valence-corrected chi connectivity index (χ2v) is 51.2. The predicted octanol–water partition coefficient (Wildman–Crippen LogP) is 18.7. The average molecular weight is 2140 g/mol. The van der Waals surface area contributed by atoms with Crippen molar-refractivity contribution >= 4 is 111 Å². The van der Waals surface area contributed by atoms with E-state index in [9.17, 15) is 104 Å². The molecule has 9 aromatic carbocycles. The van der Waals surface area contributed by atoms with Crippen LogP contribution in [0.25, 0.3) is 0 Å². The van der Waals surface area contributed by atoms with Crippen LogP contribution in [0.2, 0.25) is 0 Å². The molecule has 24 rings (SSSR count). The van der Waals surface area contributed by atoms with Crippen molar-refractivity contribution in [2.45, 2.75) is 219 Å². The molecule has 780 valence electrons. The predicted molar refractivity (Wildman–Crippen MR) is 521 cm³/mol. The quantitative estimate of drug-likeness (QED) is 0.0169. The molecule has 0 aromatic heterocycles. The molecule has 2 saturated heterocycles. The fourth-order valence-corrected chi connectivity index (χ4v) is 32.7. The monoisotopic (exact) mass is 2140 g/mol. The number of ether oxygens (including phenoxy) is 8. The highest BCUT2D eigenvalue weighted by Crippen LogP contribution is 2.67. The van der Waals surface area contributed by atoms with Crippen LogP contribution in [0, 0.1) is 107 Å². The van der Waals surface area contributed by atoms with Gasteiger partial charge in [-0.3, -0.25) is 24.0 Å². The summed E-state index contributed by atoms with van der Waals surface area (Å²) in [5, 5.41) is -15.7. The Hall–Kier alpha value is -10.9. The van der Waals surface area contributed by atoms with Gasteiger partial charge in [-0.1, -0.05) is 183 Å². The average Bonchev–Trinajstić information content (AvgIpc) is 1.70. The highest BCUT2D eigenvalue weighted by atomic mass is 32.2. The number of alkyl halides is 6. The Labute approximate surface area is 858 Å². The summed E-state index contributed by atoms with van der Waals surface area (Å²) in [6, 6.07) is 94.7. The third-order valence-electron chi connectivity index (χ3n) is 31.4. The van der Waals surface area contributed by atoms with E-state index in [2.05, 4.69) is 283 Å². The zero-order valence-electron chi connectivity index (χ0n) is 80.4. The number of aryl methyl sites for hydroxylation is 1. The molecule has 9 aromatic rings. The van der Waals surface area contributed by atoms with Gasteiger partial charge in [0.05, 0.1) is 82.6 Å². The molecule has 15 fully saturated rings. The van der Waals surface area contributed by atoms with Gasteiger partial charge >= 0.3 is 63.5 Å². The highest BCUT2D eigenvalue weighted by molar-refractivity contribution is 7.97. The number of esters is 8. The van der Waals surface area contributed by atoms with E-state index < -0.39 is 171 Å². The summed E-state index contributed by atoms with van der Waals surface area (Å²) >= 11 is 0. The van der Waals surface area contributed by atoms with E-state index in [1.165, 1.54) is 56.0 Å². The van der Waals surface area contributed by atoms with Crippen LogP contribution >= 0.6 is 0 Å². The van der Waals surface area contributed by atoms with Crippen LogP contribution in [0.5, 0.6) is 0 Å². The SMILES string of the molecule is CC1(OC(=O)C2C3CC4C(OC(=O)C42)C3OC(=O)C(F)(F)S(=O)(=O)[O-])C2CC3CC(C2)CC1C3.COC(=O)C1C2CC3C(OC(=O)C31)C2OC(=O)C(F)(F)S(=O)(=O)[O-].Cc1ccc([S+](c2ccccc2)c2ccccc2)cc1.O=C(OCC12CC3CC(C1)CC(COC(=O)C(F)(F)S(=O)(=O)[O-])(C3)C2)C1CCCCC1.c1ccc([S+](c2ccccc2)c2ccccc2)cc1.c1ccc([S+](c2ccccc2)c2ccccc2)cc1. The van der Waals surface area contributed by atoms with E-state index in [0.717, 1.165) is 84.2 Å². The second-order valence-electron chi connectivity index (χ2n) is 40.8. The fraction of sp³-hybridized carbons (Fsp3) is 0.436. The van der Waals surface area contributed by atoms with Crippen molar-refractivity contribution in [2.24, 2.45) is 99.6 Å². The van der Waals surface area contributed by atoms with Gasteiger partial charge in [-0.05, 0) is 255 Å². The van der Waals surface area contributed by atoms with E-state index in [-0.39, 0.29) is 87.9 Å². The van der Waals surface area contributed by atoms with Gasteiger partial charge in [0, 0.05) is 34.5 Å². The lowest BCUT2D eigenvalue weighted by atomic mass is 9.44. The lowest BCUT2D eigenvalue weighted by molar-refractivity contribution is -0.211. The molecule has 0 spiro atoms. The molecule has 14 atom stereocenters. The summed E-state index contributed by atoms with van der Waals surface area (Å²) in [4.78, 5) is 110. The molecule has 25 nitrogen and oxygen atoms in total. The number of carbonyl (C=O) groups is 8. The molecule has 13 saturated carbocycles. The van der Waals surface area contributed by atoms with Gasteiger partial charge in [-0.2, -0.15) is 26.3 Å². The lowest BCUT2D eigenvalue weighted by Crippen LogP contribution is -2.59. The highest BCUT2D eigenvalue weighted by Gasteiger charge is 2.74. The summed E-state index contributed by atoms with van der Waals surface area (Å²) in [6.45, 7) is 4.02. The van der Waals surface area contributed by atoms with Crippen LogP contribution in [0.3, 0.4) is 0 Å². The Morgan fingerprint density at radius 3 is 0.980 bits per heavy atom. The molecular formula is C110H112F6O25S6. The summed E-state index contributed by atoms with van der Waals surface area (Å²) in [7, 11) is -17.7. The summed E-state index contributed by atoms with van der Waals surface area (Å²) in [5.74, 6) is -14.5. The molecule has 147 heavy (non-hydrogen) atoms. The van der Waals surface area contributed by atoms with Crippen LogP contribution < -0.4 is 0 Å². The molecule has 2 heterocycles. The Bertz CT molecular complexity index is 6190. The van der Waals surface area contributed by atoms with Crippen molar-refractivity contribution in [3.05, 3.63) is 272 Å². The van der Waals surface area contributed by atoms with Crippen LogP contribution in [-0.4, -0.2) is 153 Å². The largest absolute Gasteiger partial charge is 0.743 e. The Morgan fingerprint density at radius 2 is 0.667 bits per heavy atom. The number of carbonyl (C=O) groups excluding carboxylic acids is 8. The Kier molecular flexibility index (Phi) is 32.1. The lowest BCUT2D eigenvalue weighted by Gasteiger charge is -2.61. The molecule has 14 unspecified atom stereocenters. The first kappa shape index (κ1) is 107. The zero-order valence-corrected chi connectivity index (χ0v) is 85.3. The van der Waals surface area contributed by atoms with Gasteiger partial charge in [-0.25, -0.2) is 39.6 Å². The minimum absolute atomic E-state index is 0.0146. The van der Waals surface area contributed by atoms with E-state index in [1.807, 2.05) is 6.92 Å². The normalized spacial score (nSPS) is 28.9. The van der Waals surface area contributed by atoms with Crippen LogP contribution in [-0.2, 0) is 139 Å². The summed E-state index contributed by atoms with van der Waals surface area (Å²) in [5.41, 5.74) is -0.170. The molecule has 0 amide bonds. The molecule has 13 aliphatic carbocycles. The maximum absolute atomic E-state index is 13.7. The van der Waals surface area contributed by atoms with Crippen molar-refractivity contribution in [2.75, 3.05) is 20.3 Å². The smallest absolute Gasteiger partial charge is 0.428 e. The van der Waals surface area contributed by atoms with Gasteiger partial charge in [0.1, 0.15) is 30.0 Å². The van der Waals surface area contributed by atoms with Gasteiger partial charge in [0.2, 0.25) is 0 Å². The number of rotatable bonds is 25. The standard InChI is InChI=1S/C22H26F2O9S.C21H30F2O7S.C19H17S.2C18H15S.C12H12F2O9S/c1-21(10-3-8-2-9(5-10)6-11(21)4-8)33-19(26)15-13-7-12-14(15)18(25)31-16(12)17(13)32-20(27)22(23,24)34(28,29)30;22-21(23,31(26,27)28)18(25)30-13-20-9-14-6-15(10-20)8-19(7-14,11-20)12-29-17(24)16-4-2-1-3-5-16;1-16-12-14-19(15-13-16)20(17-8-4-2-5-9-17)18-10-6-3-7-11-18;2*1-4-10-16(11-5-1)19(17-12-6-2-7-13-17)18-14-8-3-9-15-18;1-21-9(15)5-3-2-4-6(5)10(16)22-7(4)8(3)23-11(17)12(13,14)24(18,19)20/h8-17H,2-7H2,1H3,(H,28,29,30);14-16H,1-13H2,(H,26,27,28);2-15H,1H3;2*1-15H;3-8H,2H2,1H3,(H,18,19,20)/q;;3*+1;/p-3. The fourth-order valence-electron chi connectivity index (χ4n) is 25.7. The first-order valence-corrected chi connectivity index (χ1v) is 57.1. The van der Waals surface area contributed by atoms with Crippen molar-refractivity contribution in [3.63, 3.8) is 0 Å². The number of halogens is 6. The first-order chi connectivity index (χ1) is 70.0. The van der Waals surface area contributed by atoms with Gasteiger partial charge in [0.25, 0.3) is 0 Å². The Balaban J connectivity index is 0.000000122. The van der Waals surface area contributed by atoms with Crippen molar-refractivity contribution in [3.8, 4) is 0 Å². The number of hydrogen-bond donors (Lipinski definition) is 0. The van der Waals surface area contributed by atoms with E-state index in [1.54, 1.807) is 0 Å². The van der Waals surface area contributed by atoms with E-state index in [4.69, 9.17) is 28.4 Å². The van der Waals surface area contributed by atoms with Crippen molar-refractivity contribution in [1.82, 2.24) is 0 Å². The maximum Gasteiger partial charge on any atom is 0.428 e. The molecule has 2 aliphatic heterocycles. The molecule has 0 radical (unpaired) electrons. The van der Waals surface area contributed by atoms with E-state index in [0.29, 0.717) is 42.9 Å². The first-order valence-electron chi connectivity index (χ1n) is 49.2. The number of hydrogen-bond acceptors (Lipinski definition) is 25. The number of fused-ring (bicyclic) bond motifs is 2. The number of benzene rings is 9. The number of methoxy groups -OCH3 is 1. The van der Waals surface area contributed by atoms with Crippen LogP contribution in [0.15, 0.2) is 311 Å². The van der Waals surface area contributed by atoms with Crippen molar-refractivity contribution in [1.29, 1.82) is 0 Å². The van der Waals surface area contributed by atoms with Gasteiger partial charge < -0.3 is 51.6 Å². The minimum Gasteiger partial charge on any atom is -0.743 e. The summed E-state index contributed by atoms with van der Waals surface area (Å²) in [6.07, 6.45) is 10.3. The Morgan fingerprint density at radius 1 is 0.374 bits per heavy atom.